The van der Waals surface area contributed by atoms with Gasteiger partial charge in [0.1, 0.15) is 15.2 Å². The van der Waals surface area contributed by atoms with Gasteiger partial charge in [0.25, 0.3) is 0 Å². The number of nitriles is 1. The van der Waals surface area contributed by atoms with Crippen molar-refractivity contribution in [3.63, 3.8) is 0 Å². The van der Waals surface area contributed by atoms with E-state index in [4.69, 9.17) is 5.26 Å². The summed E-state index contributed by atoms with van der Waals surface area (Å²) in [6, 6.07) is 4.77. The monoisotopic (exact) mass is 292 g/mol. The lowest BCUT2D eigenvalue weighted by molar-refractivity contribution is 0.583. The van der Waals surface area contributed by atoms with E-state index in [0.29, 0.717) is 17.1 Å². The average molecular weight is 292 g/mol. The van der Waals surface area contributed by atoms with Gasteiger partial charge in [0.15, 0.2) is 0 Å². The largest absolute Gasteiger partial charge is 0.260 e. The molecule has 0 spiro atoms. The molecule has 1 unspecified atom stereocenters. The van der Waals surface area contributed by atoms with Crippen LogP contribution in [-0.2, 0) is 20.8 Å². The first kappa shape index (κ1) is 14.3. The standard InChI is InChI=1S/C9H12N2O3S3/c1-16(12)6-2-5-11-17(13,14)9-4-3-8(7-10)15-9/h3-4,11H,2,5-6H2,1H3. The van der Waals surface area contributed by atoms with Gasteiger partial charge in [-0.2, -0.15) is 5.26 Å². The van der Waals surface area contributed by atoms with Crippen LogP contribution in [0.15, 0.2) is 16.3 Å². The van der Waals surface area contributed by atoms with Gasteiger partial charge < -0.3 is 0 Å². The van der Waals surface area contributed by atoms with Crippen LogP contribution >= 0.6 is 11.3 Å². The molecule has 94 valence electrons. The first-order valence-corrected chi connectivity index (χ1v) is 8.78. The minimum Gasteiger partial charge on any atom is -0.260 e. The van der Waals surface area contributed by atoms with Crippen LogP contribution in [0.25, 0.3) is 0 Å². The maximum atomic E-state index is 11.7. The maximum absolute atomic E-state index is 11.7. The van der Waals surface area contributed by atoms with Crippen LogP contribution in [0.3, 0.4) is 0 Å². The lowest BCUT2D eigenvalue weighted by Gasteiger charge is -2.03. The Morgan fingerprint density at radius 2 is 2.24 bits per heavy atom. The fourth-order valence-corrected chi connectivity index (χ4v) is 3.85. The second-order valence-electron chi connectivity index (χ2n) is 3.26. The fourth-order valence-electron chi connectivity index (χ4n) is 1.08. The number of hydrogen-bond acceptors (Lipinski definition) is 5. The molecule has 0 saturated heterocycles. The van der Waals surface area contributed by atoms with E-state index in [1.165, 1.54) is 12.1 Å². The zero-order chi connectivity index (χ0) is 12.9. The van der Waals surface area contributed by atoms with Gasteiger partial charge in [0.2, 0.25) is 10.0 Å². The van der Waals surface area contributed by atoms with E-state index in [9.17, 15) is 12.6 Å². The van der Waals surface area contributed by atoms with E-state index in [0.717, 1.165) is 11.3 Å². The molecule has 8 heteroatoms. The van der Waals surface area contributed by atoms with Gasteiger partial charge >= 0.3 is 0 Å². The van der Waals surface area contributed by atoms with Crippen molar-refractivity contribution in [3.8, 4) is 6.07 Å². The van der Waals surface area contributed by atoms with Crippen LogP contribution in [0.1, 0.15) is 11.3 Å². The zero-order valence-electron chi connectivity index (χ0n) is 9.17. The highest BCUT2D eigenvalue weighted by Gasteiger charge is 2.15. The summed E-state index contributed by atoms with van der Waals surface area (Å²) < 4.78 is 36.8. The van der Waals surface area contributed by atoms with Crippen molar-refractivity contribution < 1.29 is 12.6 Å². The highest BCUT2D eigenvalue weighted by Crippen LogP contribution is 2.20. The van der Waals surface area contributed by atoms with Crippen molar-refractivity contribution in [2.45, 2.75) is 10.6 Å². The van der Waals surface area contributed by atoms with Crippen LogP contribution in [0.4, 0.5) is 0 Å². The van der Waals surface area contributed by atoms with Crippen molar-refractivity contribution in [2.75, 3.05) is 18.6 Å². The number of rotatable bonds is 6. The van der Waals surface area contributed by atoms with E-state index in [-0.39, 0.29) is 10.8 Å². The molecule has 1 aromatic rings. The summed E-state index contributed by atoms with van der Waals surface area (Å²) >= 11 is 0.933. The van der Waals surface area contributed by atoms with Crippen molar-refractivity contribution in [1.82, 2.24) is 4.72 Å². The molecule has 0 radical (unpaired) electrons. The van der Waals surface area contributed by atoms with Crippen LogP contribution in [0, 0.1) is 11.3 Å². The third-order valence-electron chi connectivity index (χ3n) is 1.86. The number of hydrogen-bond donors (Lipinski definition) is 1. The second-order valence-corrected chi connectivity index (χ2v) is 7.89. The van der Waals surface area contributed by atoms with Crippen LogP contribution < -0.4 is 4.72 Å². The SMILES string of the molecule is CS(=O)CCCNS(=O)(=O)c1ccc(C#N)s1. The van der Waals surface area contributed by atoms with E-state index in [1.807, 2.05) is 6.07 Å². The zero-order valence-corrected chi connectivity index (χ0v) is 11.6. The van der Waals surface area contributed by atoms with Crippen molar-refractivity contribution >= 4 is 32.2 Å². The molecule has 17 heavy (non-hydrogen) atoms. The Balaban J connectivity index is 2.57. The van der Waals surface area contributed by atoms with Crippen LogP contribution in [0.2, 0.25) is 0 Å². The molecule has 1 N–H and O–H groups in total. The summed E-state index contributed by atoms with van der Waals surface area (Å²) in [6.07, 6.45) is 2.10. The summed E-state index contributed by atoms with van der Waals surface area (Å²) in [7, 11) is -4.44. The number of nitrogens with one attached hydrogen (secondary N) is 1. The van der Waals surface area contributed by atoms with Gasteiger partial charge in [-0.25, -0.2) is 13.1 Å². The van der Waals surface area contributed by atoms with E-state index in [2.05, 4.69) is 4.72 Å². The molecule has 0 aromatic carbocycles. The number of nitrogens with zero attached hydrogens (tertiary/aromatic N) is 1. The molecule has 5 nitrogen and oxygen atoms in total. The Bertz CT molecular complexity index is 542. The van der Waals surface area contributed by atoms with E-state index >= 15 is 0 Å². The molecule has 0 aliphatic heterocycles. The minimum absolute atomic E-state index is 0.131. The topological polar surface area (TPSA) is 87.0 Å². The van der Waals surface area contributed by atoms with Crippen LogP contribution in [0.5, 0.6) is 0 Å². The average Bonchev–Trinajstić information content (AvgIpc) is 2.73. The molecule has 0 amide bonds. The van der Waals surface area contributed by atoms with Gasteiger partial charge in [0, 0.05) is 29.4 Å². The van der Waals surface area contributed by atoms with Gasteiger partial charge in [-0.1, -0.05) is 0 Å². The van der Waals surface area contributed by atoms with E-state index < -0.39 is 20.8 Å². The first-order valence-electron chi connectivity index (χ1n) is 4.75. The van der Waals surface area contributed by atoms with Crippen LogP contribution in [-0.4, -0.2) is 31.2 Å². The smallest absolute Gasteiger partial charge is 0.250 e. The molecule has 0 bridgehead atoms. The highest BCUT2D eigenvalue weighted by molar-refractivity contribution is 7.91. The Morgan fingerprint density at radius 3 is 2.76 bits per heavy atom. The molecule has 1 aromatic heterocycles. The Morgan fingerprint density at radius 1 is 1.53 bits per heavy atom. The highest BCUT2D eigenvalue weighted by atomic mass is 32.2. The second kappa shape index (κ2) is 6.26. The summed E-state index contributed by atoms with van der Waals surface area (Å²) in [5.41, 5.74) is 0. The van der Waals surface area contributed by atoms with E-state index in [1.54, 1.807) is 6.26 Å². The summed E-state index contributed by atoms with van der Waals surface area (Å²) in [4.78, 5) is 0.361. The quantitative estimate of drug-likeness (QED) is 0.781. The van der Waals surface area contributed by atoms with Gasteiger partial charge in [-0.3, -0.25) is 4.21 Å². The Kier molecular flexibility index (Phi) is 5.27. The maximum Gasteiger partial charge on any atom is 0.250 e. The van der Waals surface area contributed by atoms with Gasteiger partial charge in [0.05, 0.1) is 0 Å². The predicted molar refractivity (Wildman–Crippen MR) is 67.8 cm³/mol. The molecule has 1 heterocycles. The van der Waals surface area contributed by atoms with Gasteiger partial charge in [-0.15, -0.1) is 11.3 Å². The molecule has 0 aliphatic carbocycles. The summed E-state index contributed by atoms with van der Waals surface area (Å²) in [6.45, 7) is 0.252. The third-order valence-corrected chi connectivity index (χ3v) is 5.66. The lowest BCUT2D eigenvalue weighted by Crippen LogP contribution is -2.24. The molecule has 0 saturated carbocycles. The molecular formula is C9H12N2O3S3. The number of sulfonamides is 1. The normalized spacial score (nSPS) is 13.2. The van der Waals surface area contributed by atoms with Crippen molar-refractivity contribution in [1.29, 1.82) is 5.26 Å². The number of thiophene rings is 1. The summed E-state index contributed by atoms with van der Waals surface area (Å²) in [5, 5.41) is 8.60. The Labute approximate surface area is 107 Å². The predicted octanol–water partition coefficient (Wildman–Crippen LogP) is 0.667. The minimum atomic E-state index is -3.53. The Hall–Kier alpha value is -0.750. The van der Waals surface area contributed by atoms with Crippen molar-refractivity contribution in [3.05, 3.63) is 17.0 Å². The fraction of sp³-hybridized carbons (Fsp3) is 0.444. The lowest BCUT2D eigenvalue weighted by atomic mass is 10.5. The molecular weight excluding hydrogens is 280 g/mol. The molecule has 0 fully saturated rings. The molecule has 1 atom stereocenters. The molecule has 0 aliphatic rings. The third kappa shape index (κ3) is 4.55. The van der Waals surface area contributed by atoms with Gasteiger partial charge in [-0.05, 0) is 18.6 Å². The first-order chi connectivity index (χ1) is 7.95. The van der Waals surface area contributed by atoms with Crippen molar-refractivity contribution in [2.24, 2.45) is 0 Å². The summed E-state index contributed by atoms with van der Waals surface area (Å²) in [5.74, 6) is 0.469. The molecule has 1 rings (SSSR count).